The summed E-state index contributed by atoms with van der Waals surface area (Å²) in [5.41, 5.74) is 1.91. The maximum Gasteiger partial charge on any atom is 0.409 e. The number of nitrogens with zero attached hydrogens (tertiary/aromatic N) is 5. The summed E-state index contributed by atoms with van der Waals surface area (Å²) in [6.07, 6.45) is 3.15. The van der Waals surface area contributed by atoms with Crippen LogP contribution in [-0.2, 0) is 9.47 Å². The summed E-state index contributed by atoms with van der Waals surface area (Å²) in [5, 5.41) is 9.80. The van der Waals surface area contributed by atoms with Crippen molar-refractivity contribution in [3.8, 4) is 11.5 Å². The van der Waals surface area contributed by atoms with E-state index in [2.05, 4.69) is 15.2 Å². The zero-order valence-corrected chi connectivity index (χ0v) is 16.4. The average Bonchev–Trinajstić information content (AvgIpc) is 3.33. The summed E-state index contributed by atoms with van der Waals surface area (Å²) in [4.78, 5) is 18.2. The van der Waals surface area contributed by atoms with Gasteiger partial charge in [0.2, 0.25) is 0 Å². The molecule has 0 bridgehead atoms. The number of methoxy groups -OCH3 is 1. The van der Waals surface area contributed by atoms with Crippen molar-refractivity contribution in [2.45, 2.75) is 37.8 Å². The molecule has 29 heavy (non-hydrogen) atoms. The number of fused-ring (bicyclic) bond motifs is 1. The van der Waals surface area contributed by atoms with Crippen molar-refractivity contribution < 1.29 is 18.8 Å². The van der Waals surface area contributed by atoms with Crippen LogP contribution in [0.5, 0.6) is 0 Å². The van der Waals surface area contributed by atoms with E-state index >= 15 is 0 Å². The first-order valence-electron chi connectivity index (χ1n) is 9.87. The Morgan fingerprint density at radius 3 is 2.90 bits per heavy atom. The molecule has 152 valence electrons. The van der Waals surface area contributed by atoms with E-state index in [9.17, 15) is 4.79 Å². The van der Waals surface area contributed by atoms with E-state index in [1.807, 2.05) is 36.0 Å². The van der Waals surface area contributed by atoms with Gasteiger partial charge >= 0.3 is 6.09 Å². The summed E-state index contributed by atoms with van der Waals surface area (Å²) in [7, 11) is 1.41. The topological polar surface area (TPSA) is 95.5 Å². The third-order valence-corrected chi connectivity index (χ3v) is 5.90. The summed E-state index contributed by atoms with van der Waals surface area (Å²) < 4.78 is 17.7. The molecule has 1 aromatic carbocycles. The van der Waals surface area contributed by atoms with Crippen LogP contribution in [0.4, 0.5) is 4.79 Å². The molecule has 2 atom stereocenters. The van der Waals surface area contributed by atoms with Gasteiger partial charge in [-0.25, -0.2) is 4.79 Å². The van der Waals surface area contributed by atoms with E-state index in [-0.39, 0.29) is 24.1 Å². The van der Waals surface area contributed by atoms with E-state index in [1.165, 1.54) is 7.11 Å². The highest BCUT2D eigenvalue weighted by molar-refractivity contribution is 5.83. The number of likely N-dealkylation sites (tertiary alicyclic amines) is 1. The second kappa shape index (κ2) is 7.14. The van der Waals surface area contributed by atoms with Crippen molar-refractivity contribution in [1.82, 2.24) is 24.8 Å². The molecule has 2 aromatic heterocycles. The lowest BCUT2D eigenvalue weighted by molar-refractivity contribution is -0.0266. The lowest BCUT2D eigenvalue weighted by atomic mass is 9.91. The first-order valence-corrected chi connectivity index (χ1v) is 9.87. The van der Waals surface area contributed by atoms with Gasteiger partial charge in [0, 0.05) is 29.5 Å². The van der Waals surface area contributed by atoms with Crippen molar-refractivity contribution in [2.24, 2.45) is 0 Å². The molecule has 4 heterocycles. The number of hydrogen-bond acceptors (Lipinski definition) is 7. The highest BCUT2D eigenvalue weighted by Crippen LogP contribution is 2.32. The monoisotopic (exact) mass is 397 g/mol. The SMILES string of the molecule is COC(=O)N1CC[C@@H](c2noc(-c3ccc4cnn(C5COC5)c4c3)n2)C[C@@H]1C. The fourth-order valence-corrected chi connectivity index (χ4v) is 4.14. The van der Waals surface area contributed by atoms with Crippen molar-refractivity contribution in [3.63, 3.8) is 0 Å². The van der Waals surface area contributed by atoms with Crippen LogP contribution < -0.4 is 0 Å². The third-order valence-electron chi connectivity index (χ3n) is 5.90. The minimum atomic E-state index is -0.286. The van der Waals surface area contributed by atoms with E-state index in [1.54, 1.807) is 4.90 Å². The zero-order valence-electron chi connectivity index (χ0n) is 16.4. The number of hydrogen-bond donors (Lipinski definition) is 0. The van der Waals surface area contributed by atoms with Gasteiger partial charge in [0.25, 0.3) is 5.89 Å². The molecule has 9 nitrogen and oxygen atoms in total. The van der Waals surface area contributed by atoms with Crippen LogP contribution in [0.2, 0.25) is 0 Å². The van der Waals surface area contributed by atoms with E-state index in [0.29, 0.717) is 31.5 Å². The molecule has 0 unspecified atom stereocenters. The molecule has 3 aromatic rings. The molecule has 2 aliphatic heterocycles. The number of aromatic nitrogens is 4. The standard InChI is InChI=1S/C20H23N5O4/c1-12-7-13(5-6-24(12)20(26)27-2)18-22-19(29-23-18)14-3-4-15-9-21-25(17(15)8-14)16-10-28-11-16/h3-4,8-9,12-13,16H,5-7,10-11H2,1-2H3/t12-,13+/m0/s1. The zero-order chi connectivity index (χ0) is 20.0. The largest absolute Gasteiger partial charge is 0.453 e. The minimum Gasteiger partial charge on any atom is -0.453 e. The van der Waals surface area contributed by atoms with Gasteiger partial charge in [-0.1, -0.05) is 11.2 Å². The number of amides is 1. The van der Waals surface area contributed by atoms with Gasteiger partial charge in [0.15, 0.2) is 5.82 Å². The Hall–Kier alpha value is -2.94. The van der Waals surface area contributed by atoms with Gasteiger partial charge in [-0.05, 0) is 31.9 Å². The molecule has 2 saturated heterocycles. The normalized spacial score (nSPS) is 22.6. The van der Waals surface area contributed by atoms with E-state index < -0.39 is 0 Å². The quantitative estimate of drug-likeness (QED) is 0.670. The smallest absolute Gasteiger partial charge is 0.409 e. The van der Waals surface area contributed by atoms with Crippen LogP contribution in [0.3, 0.4) is 0 Å². The lowest BCUT2D eigenvalue weighted by Gasteiger charge is -2.35. The average molecular weight is 397 g/mol. The van der Waals surface area contributed by atoms with Gasteiger partial charge in [0.05, 0.1) is 38.1 Å². The Bertz CT molecular complexity index is 1040. The molecule has 0 aliphatic carbocycles. The summed E-state index contributed by atoms with van der Waals surface area (Å²) in [6.45, 7) is 4.02. The Kier molecular flexibility index (Phi) is 4.46. The van der Waals surface area contributed by atoms with Gasteiger partial charge in [-0.2, -0.15) is 10.1 Å². The maximum atomic E-state index is 11.8. The first-order chi connectivity index (χ1) is 14.1. The number of benzene rings is 1. The fraction of sp³-hybridized carbons (Fsp3) is 0.500. The maximum absolute atomic E-state index is 11.8. The fourth-order valence-electron chi connectivity index (χ4n) is 4.14. The molecule has 1 amide bonds. The van der Waals surface area contributed by atoms with Crippen LogP contribution >= 0.6 is 0 Å². The molecule has 0 saturated carbocycles. The number of piperidine rings is 1. The lowest BCUT2D eigenvalue weighted by Crippen LogP contribution is -2.44. The number of carbonyl (C=O) groups excluding carboxylic acids is 1. The van der Waals surface area contributed by atoms with Crippen molar-refractivity contribution in [2.75, 3.05) is 26.9 Å². The molecule has 0 spiro atoms. The van der Waals surface area contributed by atoms with Gasteiger partial charge in [0.1, 0.15) is 0 Å². The molecule has 0 N–H and O–H groups in total. The number of ether oxygens (including phenoxy) is 2. The molecule has 0 radical (unpaired) electrons. The van der Waals surface area contributed by atoms with Gasteiger partial charge in [-0.15, -0.1) is 0 Å². The van der Waals surface area contributed by atoms with Gasteiger partial charge < -0.3 is 18.9 Å². The third kappa shape index (κ3) is 3.15. The number of carbonyl (C=O) groups is 1. The predicted molar refractivity (Wildman–Crippen MR) is 103 cm³/mol. The van der Waals surface area contributed by atoms with Crippen LogP contribution in [0.25, 0.3) is 22.4 Å². The highest BCUT2D eigenvalue weighted by atomic mass is 16.5. The Labute approximate surface area is 167 Å². The molecule has 5 rings (SSSR count). The molecule has 2 aliphatic rings. The number of rotatable bonds is 3. The second-order valence-corrected chi connectivity index (χ2v) is 7.75. The van der Waals surface area contributed by atoms with E-state index in [4.69, 9.17) is 14.0 Å². The second-order valence-electron chi connectivity index (χ2n) is 7.75. The Morgan fingerprint density at radius 2 is 2.17 bits per heavy atom. The summed E-state index contributed by atoms with van der Waals surface area (Å²) in [5.74, 6) is 1.35. The Morgan fingerprint density at radius 1 is 1.31 bits per heavy atom. The predicted octanol–water partition coefficient (Wildman–Crippen LogP) is 2.99. The minimum absolute atomic E-state index is 0.0681. The highest BCUT2D eigenvalue weighted by Gasteiger charge is 2.32. The van der Waals surface area contributed by atoms with Crippen molar-refractivity contribution in [3.05, 3.63) is 30.2 Å². The molecule has 2 fully saturated rings. The summed E-state index contributed by atoms with van der Waals surface area (Å²) >= 11 is 0. The van der Waals surface area contributed by atoms with Crippen LogP contribution in [0, 0.1) is 0 Å². The van der Waals surface area contributed by atoms with Crippen LogP contribution in [0.1, 0.15) is 37.5 Å². The van der Waals surface area contributed by atoms with Crippen LogP contribution in [-0.4, -0.2) is 63.8 Å². The molecular weight excluding hydrogens is 374 g/mol. The van der Waals surface area contributed by atoms with Gasteiger partial charge in [-0.3, -0.25) is 4.68 Å². The van der Waals surface area contributed by atoms with Crippen molar-refractivity contribution in [1.29, 1.82) is 0 Å². The van der Waals surface area contributed by atoms with E-state index in [0.717, 1.165) is 29.3 Å². The van der Waals surface area contributed by atoms with Crippen LogP contribution in [0.15, 0.2) is 28.9 Å². The van der Waals surface area contributed by atoms with Crippen molar-refractivity contribution >= 4 is 17.0 Å². The molecular formula is C20H23N5O4. The summed E-state index contributed by atoms with van der Waals surface area (Å²) in [6, 6.07) is 6.39. The Balaban J connectivity index is 1.37. The molecule has 9 heteroatoms. The first kappa shape index (κ1) is 18.1.